The van der Waals surface area contributed by atoms with E-state index in [1.165, 1.54) is 4.90 Å². The Labute approximate surface area is 192 Å². The first-order chi connectivity index (χ1) is 16.1. The van der Waals surface area contributed by atoms with Crippen LogP contribution in [0.2, 0.25) is 0 Å². The first-order valence-corrected chi connectivity index (χ1v) is 11.5. The highest BCUT2D eigenvalue weighted by Crippen LogP contribution is 2.34. The molecule has 2 fully saturated rings. The Morgan fingerprint density at radius 1 is 1.12 bits per heavy atom. The van der Waals surface area contributed by atoms with Gasteiger partial charge in [0, 0.05) is 29.6 Å². The van der Waals surface area contributed by atoms with Crippen molar-refractivity contribution in [1.29, 1.82) is 0 Å². The van der Waals surface area contributed by atoms with Crippen molar-refractivity contribution in [3.63, 3.8) is 0 Å². The SMILES string of the molecule is CCOc1ccc(N2C(=O)CC(N(CCc3c[nH]c4ccccc34)C(=O)C3CC3)C2=O)cc1. The molecule has 2 aliphatic rings. The quantitative estimate of drug-likeness (QED) is 0.536. The Balaban J connectivity index is 1.37. The van der Waals surface area contributed by atoms with Crippen molar-refractivity contribution >= 4 is 34.3 Å². The molecule has 1 N–H and O–H groups in total. The third-order valence-corrected chi connectivity index (χ3v) is 6.41. The fourth-order valence-corrected chi connectivity index (χ4v) is 4.55. The summed E-state index contributed by atoms with van der Waals surface area (Å²) in [6.45, 7) is 2.84. The molecule has 33 heavy (non-hydrogen) atoms. The minimum absolute atomic E-state index is 0.0123. The molecule has 5 rings (SSSR count). The first-order valence-electron chi connectivity index (χ1n) is 11.5. The largest absolute Gasteiger partial charge is 0.494 e. The van der Waals surface area contributed by atoms with Gasteiger partial charge in [-0.15, -0.1) is 0 Å². The standard InChI is InChI=1S/C26H27N3O4/c1-2-33-20-11-9-19(10-12-20)29-24(30)15-23(26(29)32)28(25(31)17-7-8-17)14-13-18-16-27-22-6-4-3-5-21(18)22/h3-6,9-12,16-17,23,27H,2,7-8,13-15H2,1H3. The maximum atomic E-state index is 13.4. The van der Waals surface area contributed by atoms with Gasteiger partial charge in [0.2, 0.25) is 11.8 Å². The number of aromatic amines is 1. The van der Waals surface area contributed by atoms with E-state index in [1.807, 2.05) is 37.4 Å². The average molecular weight is 446 g/mol. The van der Waals surface area contributed by atoms with Gasteiger partial charge in [0.15, 0.2) is 0 Å². The van der Waals surface area contributed by atoms with Crippen molar-refractivity contribution in [3.8, 4) is 5.75 Å². The van der Waals surface area contributed by atoms with Crippen LogP contribution in [0, 0.1) is 5.92 Å². The van der Waals surface area contributed by atoms with Gasteiger partial charge in [-0.2, -0.15) is 0 Å². The smallest absolute Gasteiger partial charge is 0.257 e. The van der Waals surface area contributed by atoms with Gasteiger partial charge >= 0.3 is 0 Å². The van der Waals surface area contributed by atoms with Crippen molar-refractivity contribution < 1.29 is 19.1 Å². The van der Waals surface area contributed by atoms with Crippen molar-refractivity contribution in [1.82, 2.24) is 9.88 Å². The summed E-state index contributed by atoms with van der Waals surface area (Å²) in [5.41, 5.74) is 2.65. The van der Waals surface area contributed by atoms with Crippen LogP contribution in [0.25, 0.3) is 10.9 Å². The number of benzene rings is 2. The maximum absolute atomic E-state index is 13.4. The summed E-state index contributed by atoms with van der Waals surface area (Å²) in [5, 5.41) is 1.11. The zero-order valence-electron chi connectivity index (χ0n) is 18.6. The summed E-state index contributed by atoms with van der Waals surface area (Å²) >= 11 is 0. The Morgan fingerprint density at radius 2 is 1.88 bits per heavy atom. The van der Waals surface area contributed by atoms with Crippen LogP contribution in [0.1, 0.15) is 31.7 Å². The summed E-state index contributed by atoms with van der Waals surface area (Å²) in [5.74, 6) is 0.0121. The minimum Gasteiger partial charge on any atom is -0.494 e. The second kappa shape index (κ2) is 8.73. The normalized spacial score (nSPS) is 18.2. The van der Waals surface area contributed by atoms with Crippen LogP contribution in [0.5, 0.6) is 5.75 Å². The number of nitrogens with one attached hydrogen (secondary N) is 1. The number of carbonyl (C=O) groups is 3. The molecule has 3 amide bonds. The number of ether oxygens (including phenoxy) is 1. The molecule has 1 aliphatic carbocycles. The number of hydrogen-bond acceptors (Lipinski definition) is 4. The van der Waals surface area contributed by atoms with Crippen LogP contribution in [-0.2, 0) is 20.8 Å². The molecule has 0 spiro atoms. The molecule has 1 unspecified atom stereocenters. The molecule has 1 aromatic heterocycles. The summed E-state index contributed by atoms with van der Waals surface area (Å²) in [4.78, 5) is 45.5. The summed E-state index contributed by atoms with van der Waals surface area (Å²) in [7, 11) is 0. The van der Waals surface area contributed by atoms with Gasteiger partial charge in [-0.3, -0.25) is 14.4 Å². The zero-order chi connectivity index (χ0) is 22.9. The average Bonchev–Trinajstić information content (AvgIpc) is 3.53. The zero-order valence-corrected chi connectivity index (χ0v) is 18.6. The van der Waals surface area contributed by atoms with Crippen molar-refractivity contribution in [2.24, 2.45) is 5.92 Å². The lowest BCUT2D eigenvalue weighted by Gasteiger charge is -2.28. The van der Waals surface area contributed by atoms with Gasteiger partial charge in [-0.05, 0) is 62.1 Å². The number of amides is 3. The monoisotopic (exact) mass is 445 g/mol. The van der Waals surface area contributed by atoms with Crippen LogP contribution in [0.15, 0.2) is 54.7 Å². The molecule has 0 radical (unpaired) electrons. The molecule has 1 aliphatic heterocycles. The van der Waals surface area contributed by atoms with E-state index in [0.717, 1.165) is 29.3 Å². The first kappa shape index (κ1) is 21.2. The third-order valence-electron chi connectivity index (χ3n) is 6.41. The molecule has 3 aromatic rings. The molecule has 1 atom stereocenters. The third kappa shape index (κ3) is 4.11. The van der Waals surface area contributed by atoms with Gasteiger partial charge in [0.25, 0.3) is 5.91 Å². The van der Waals surface area contributed by atoms with E-state index in [-0.39, 0.29) is 30.1 Å². The van der Waals surface area contributed by atoms with Crippen molar-refractivity contribution in [2.75, 3.05) is 18.1 Å². The predicted molar refractivity (Wildman–Crippen MR) is 125 cm³/mol. The van der Waals surface area contributed by atoms with Gasteiger partial charge in [-0.1, -0.05) is 18.2 Å². The summed E-state index contributed by atoms with van der Waals surface area (Å²) < 4.78 is 5.46. The molecule has 1 saturated carbocycles. The molecular weight excluding hydrogens is 418 g/mol. The Bertz CT molecular complexity index is 1200. The fourth-order valence-electron chi connectivity index (χ4n) is 4.55. The van der Waals surface area contributed by atoms with Crippen LogP contribution in [0.3, 0.4) is 0 Å². The lowest BCUT2D eigenvalue weighted by atomic mass is 10.1. The number of imide groups is 1. The van der Waals surface area contributed by atoms with Gasteiger partial charge in [-0.25, -0.2) is 4.90 Å². The number of anilines is 1. The number of aromatic nitrogens is 1. The molecule has 0 bridgehead atoms. The molecular formula is C26H27N3O4. The highest BCUT2D eigenvalue weighted by Gasteiger charge is 2.46. The van der Waals surface area contributed by atoms with E-state index in [4.69, 9.17) is 4.74 Å². The highest BCUT2D eigenvalue weighted by atomic mass is 16.5. The van der Waals surface area contributed by atoms with Crippen LogP contribution in [0.4, 0.5) is 5.69 Å². The highest BCUT2D eigenvalue weighted by molar-refractivity contribution is 6.23. The van der Waals surface area contributed by atoms with Crippen molar-refractivity contribution in [3.05, 3.63) is 60.3 Å². The van der Waals surface area contributed by atoms with E-state index >= 15 is 0 Å². The number of rotatable bonds is 8. The molecule has 2 heterocycles. The topological polar surface area (TPSA) is 82.7 Å². The Hall–Kier alpha value is -3.61. The van der Waals surface area contributed by atoms with Gasteiger partial charge < -0.3 is 14.6 Å². The van der Waals surface area contributed by atoms with E-state index < -0.39 is 6.04 Å². The van der Waals surface area contributed by atoms with E-state index in [2.05, 4.69) is 4.98 Å². The second-order valence-electron chi connectivity index (χ2n) is 8.63. The van der Waals surface area contributed by atoms with E-state index in [9.17, 15) is 14.4 Å². The van der Waals surface area contributed by atoms with E-state index in [1.54, 1.807) is 29.2 Å². The van der Waals surface area contributed by atoms with Crippen molar-refractivity contribution in [2.45, 2.75) is 38.6 Å². The molecule has 1 saturated heterocycles. The Kier molecular flexibility index (Phi) is 5.62. The number of carbonyl (C=O) groups excluding carboxylic acids is 3. The lowest BCUT2D eigenvalue weighted by molar-refractivity contribution is -0.139. The fraction of sp³-hybridized carbons (Fsp3) is 0.346. The Morgan fingerprint density at radius 3 is 2.61 bits per heavy atom. The number of H-pyrrole nitrogens is 1. The van der Waals surface area contributed by atoms with E-state index in [0.29, 0.717) is 31.0 Å². The predicted octanol–water partition coefficient (Wildman–Crippen LogP) is 3.68. The lowest BCUT2D eigenvalue weighted by Crippen LogP contribution is -2.47. The number of para-hydroxylation sites is 1. The maximum Gasteiger partial charge on any atom is 0.257 e. The summed E-state index contributed by atoms with van der Waals surface area (Å²) in [6, 6.07) is 14.2. The summed E-state index contributed by atoms with van der Waals surface area (Å²) in [6.07, 6.45) is 4.28. The second-order valence-corrected chi connectivity index (χ2v) is 8.63. The van der Waals surface area contributed by atoms with Gasteiger partial charge in [0.05, 0.1) is 18.7 Å². The molecule has 7 nitrogen and oxygen atoms in total. The van der Waals surface area contributed by atoms with Crippen LogP contribution < -0.4 is 9.64 Å². The van der Waals surface area contributed by atoms with Gasteiger partial charge in [0.1, 0.15) is 11.8 Å². The minimum atomic E-state index is -0.762. The molecule has 7 heteroatoms. The number of fused-ring (bicyclic) bond motifs is 1. The molecule has 170 valence electrons. The van der Waals surface area contributed by atoms with Crippen LogP contribution in [-0.4, -0.2) is 46.8 Å². The van der Waals surface area contributed by atoms with Crippen LogP contribution >= 0.6 is 0 Å². The number of hydrogen-bond donors (Lipinski definition) is 1. The number of nitrogens with zero attached hydrogens (tertiary/aromatic N) is 2. The molecule has 2 aromatic carbocycles.